The molecule has 0 saturated heterocycles. The van der Waals surface area contributed by atoms with Crippen LogP contribution in [0, 0.1) is 13.8 Å². The van der Waals surface area contributed by atoms with Crippen molar-refractivity contribution in [2.75, 3.05) is 13.2 Å². The number of likely N-dealkylation sites (N-methyl/N-ethyl adjacent to an activating group) is 1. The number of nitrogens with zero attached hydrogens (tertiary/aromatic N) is 1. The lowest BCUT2D eigenvalue weighted by molar-refractivity contribution is -0.142. The molecule has 0 saturated carbocycles. The van der Waals surface area contributed by atoms with Gasteiger partial charge in [-0.25, -0.2) is 0 Å². The summed E-state index contributed by atoms with van der Waals surface area (Å²) in [5.74, 6) is 0.271. The number of para-hydroxylation sites is 1. The Morgan fingerprint density at radius 2 is 1.52 bits per heavy atom. The van der Waals surface area contributed by atoms with Crippen molar-refractivity contribution in [2.24, 2.45) is 0 Å². The van der Waals surface area contributed by atoms with Crippen molar-refractivity contribution < 1.29 is 14.3 Å². The fourth-order valence-electron chi connectivity index (χ4n) is 3.76. The lowest BCUT2D eigenvalue weighted by Gasteiger charge is -2.32. The molecular formula is C28H32N2O3. The van der Waals surface area contributed by atoms with Crippen LogP contribution in [0.15, 0.2) is 78.9 Å². The first-order valence-electron chi connectivity index (χ1n) is 11.3. The Hall–Kier alpha value is -3.60. The molecule has 0 aromatic heterocycles. The molecule has 0 fully saturated rings. The van der Waals surface area contributed by atoms with Crippen LogP contribution in [0.5, 0.6) is 5.75 Å². The highest BCUT2D eigenvalue weighted by atomic mass is 16.5. The maximum absolute atomic E-state index is 13.5. The van der Waals surface area contributed by atoms with E-state index < -0.39 is 6.04 Å². The summed E-state index contributed by atoms with van der Waals surface area (Å²) in [5, 5.41) is 2.91. The standard InChI is InChI=1S/C28H32N2O3/c1-4-29-28(32)25(18-23-14-6-5-7-15-23)30(19-24-16-10-8-12-21(24)2)27(31)20-33-26-17-11-9-13-22(26)3/h5-17,25H,4,18-20H2,1-3H3,(H,29,32)/t25-/m0/s1. The Labute approximate surface area is 196 Å². The number of aryl methyl sites for hydroxylation is 2. The van der Waals surface area contributed by atoms with Gasteiger partial charge in [0.25, 0.3) is 5.91 Å². The molecule has 5 nitrogen and oxygen atoms in total. The topological polar surface area (TPSA) is 58.6 Å². The molecule has 0 bridgehead atoms. The van der Waals surface area contributed by atoms with Crippen LogP contribution in [0.2, 0.25) is 0 Å². The van der Waals surface area contributed by atoms with Crippen molar-refractivity contribution in [3.63, 3.8) is 0 Å². The van der Waals surface area contributed by atoms with Crippen molar-refractivity contribution in [3.05, 3.63) is 101 Å². The Bertz CT molecular complexity index is 1070. The molecule has 3 aromatic rings. The number of hydrogen-bond donors (Lipinski definition) is 1. The summed E-state index contributed by atoms with van der Waals surface area (Å²) in [6.45, 7) is 6.53. The summed E-state index contributed by atoms with van der Waals surface area (Å²) in [6, 6.07) is 24.7. The van der Waals surface area contributed by atoms with Crippen molar-refractivity contribution in [2.45, 2.75) is 39.8 Å². The number of ether oxygens (including phenoxy) is 1. The van der Waals surface area contributed by atoms with Crippen LogP contribution in [-0.2, 0) is 22.6 Å². The first kappa shape index (κ1) is 24.1. The average Bonchev–Trinajstić information content (AvgIpc) is 2.82. The molecule has 0 heterocycles. The lowest BCUT2D eigenvalue weighted by atomic mass is 10.0. The Kier molecular flexibility index (Phi) is 8.64. The average molecular weight is 445 g/mol. The summed E-state index contributed by atoms with van der Waals surface area (Å²) in [5.41, 5.74) is 4.03. The highest BCUT2D eigenvalue weighted by molar-refractivity contribution is 5.88. The predicted molar refractivity (Wildman–Crippen MR) is 131 cm³/mol. The quantitative estimate of drug-likeness (QED) is 0.502. The highest BCUT2D eigenvalue weighted by Gasteiger charge is 2.30. The second-order valence-corrected chi connectivity index (χ2v) is 8.10. The maximum atomic E-state index is 13.5. The van der Waals surface area contributed by atoms with Gasteiger partial charge in [0, 0.05) is 19.5 Å². The minimum absolute atomic E-state index is 0.137. The van der Waals surface area contributed by atoms with Gasteiger partial charge >= 0.3 is 0 Å². The van der Waals surface area contributed by atoms with Crippen LogP contribution in [0.3, 0.4) is 0 Å². The Balaban J connectivity index is 1.91. The van der Waals surface area contributed by atoms with E-state index in [2.05, 4.69) is 5.32 Å². The third kappa shape index (κ3) is 6.69. The molecule has 0 radical (unpaired) electrons. The molecular weight excluding hydrogens is 412 g/mol. The monoisotopic (exact) mass is 444 g/mol. The van der Waals surface area contributed by atoms with E-state index in [0.717, 1.165) is 22.3 Å². The number of hydrogen-bond acceptors (Lipinski definition) is 3. The van der Waals surface area contributed by atoms with E-state index in [1.165, 1.54) is 0 Å². The van der Waals surface area contributed by atoms with E-state index in [1.807, 2.05) is 99.6 Å². The van der Waals surface area contributed by atoms with E-state index >= 15 is 0 Å². The first-order valence-corrected chi connectivity index (χ1v) is 11.3. The van der Waals surface area contributed by atoms with E-state index in [0.29, 0.717) is 25.3 Å². The van der Waals surface area contributed by atoms with Crippen molar-refractivity contribution in [1.82, 2.24) is 10.2 Å². The van der Waals surface area contributed by atoms with Crippen LogP contribution in [-0.4, -0.2) is 35.9 Å². The molecule has 172 valence electrons. The summed E-state index contributed by atoms with van der Waals surface area (Å²) in [4.78, 5) is 28.3. The van der Waals surface area contributed by atoms with Crippen LogP contribution in [0.4, 0.5) is 0 Å². The van der Waals surface area contributed by atoms with Gasteiger partial charge in [0.2, 0.25) is 5.91 Å². The van der Waals surface area contributed by atoms with Gasteiger partial charge in [-0.1, -0.05) is 72.8 Å². The van der Waals surface area contributed by atoms with Crippen LogP contribution >= 0.6 is 0 Å². The summed E-state index contributed by atoms with van der Waals surface area (Å²) >= 11 is 0. The normalized spacial score (nSPS) is 11.5. The van der Waals surface area contributed by atoms with Crippen molar-refractivity contribution in [1.29, 1.82) is 0 Å². The number of carbonyl (C=O) groups excluding carboxylic acids is 2. The highest BCUT2D eigenvalue weighted by Crippen LogP contribution is 2.19. The molecule has 0 spiro atoms. The molecule has 0 aliphatic carbocycles. The fraction of sp³-hybridized carbons (Fsp3) is 0.286. The second-order valence-electron chi connectivity index (χ2n) is 8.10. The number of amides is 2. The van der Waals surface area contributed by atoms with Crippen LogP contribution in [0.25, 0.3) is 0 Å². The Morgan fingerprint density at radius 1 is 0.879 bits per heavy atom. The third-order valence-corrected chi connectivity index (χ3v) is 5.67. The van der Waals surface area contributed by atoms with Gasteiger partial charge < -0.3 is 15.0 Å². The van der Waals surface area contributed by atoms with Gasteiger partial charge in [-0.3, -0.25) is 9.59 Å². The van der Waals surface area contributed by atoms with Gasteiger partial charge in [-0.05, 0) is 49.1 Å². The van der Waals surface area contributed by atoms with Crippen LogP contribution < -0.4 is 10.1 Å². The lowest BCUT2D eigenvalue weighted by Crippen LogP contribution is -2.51. The number of benzene rings is 3. The van der Waals surface area contributed by atoms with Gasteiger partial charge in [0.15, 0.2) is 6.61 Å². The molecule has 33 heavy (non-hydrogen) atoms. The smallest absolute Gasteiger partial charge is 0.261 e. The van der Waals surface area contributed by atoms with E-state index in [1.54, 1.807) is 4.90 Å². The molecule has 0 aliphatic rings. The molecule has 1 N–H and O–H groups in total. The van der Waals surface area contributed by atoms with Crippen molar-refractivity contribution >= 4 is 11.8 Å². The number of rotatable bonds is 10. The molecule has 2 amide bonds. The molecule has 0 unspecified atom stereocenters. The fourth-order valence-corrected chi connectivity index (χ4v) is 3.76. The minimum atomic E-state index is -0.653. The zero-order chi connectivity index (χ0) is 23.6. The second kappa shape index (κ2) is 11.9. The van der Waals surface area contributed by atoms with Crippen molar-refractivity contribution in [3.8, 4) is 5.75 Å². The number of carbonyl (C=O) groups is 2. The van der Waals surface area contributed by atoms with E-state index in [-0.39, 0.29) is 18.4 Å². The summed E-state index contributed by atoms with van der Waals surface area (Å²) in [7, 11) is 0. The van der Waals surface area contributed by atoms with Gasteiger partial charge in [0.05, 0.1) is 0 Å². The van der Waals surface area contributed by atoms with Gasteiger partial charge in [-0.15, -0.1) is 0 Å². The molecule has 3 aromatic carbocycles. The molecule has 5 heteroatoms. The van der Waals surface area contributed by atoms with E-state index in [4.69, 9.17) is 4.74 Å². The predicted octanol–water partition coefficient (Wildman–Crippen LogP) is 4.46. The van der Waals surface area contributed by atoms with Gasteiger partial charge in [0.1, 0.15) is 11.8 Å². The number of nitrogens with one attached hydrogen (secondary N) is 1. The largest absolute Gasteiger partial charge is 0.484 e. The molecule has 0 aliphatic heterocycles. The van der Waals surface area contributed by atoms with E-state index in [9.17, 15) is 9.59 Å². The third-order valence-electron chi connectivity index (χ3n) is 5.67. The first-order chi connectivity index (χ1) is 16.0. The summed E-state index contributed by atoms with van der Waals surface area (Å²) < 4.78 is 5.86. The minimum Gasteiger partial charge on any atom is -0.484 e. The zero-order valence-electron chi connectivity index (χ0n) is 19.6. The van der Waals surface area contributed by atoms with Crippen LogP contribution in [0.1, 0.15) is 29.2 Å². The maximum Gasteiger partial charge on any atom is 0.261 e. The molecule has 3 rings (SSSR count). The zero-order valence-corrected chi connectivity index (χ0v) is 19.6. The summed E-state index contributed by atoms with van der Waals surface area (Å²) in [6.07, 6.45) is 0.425. The molecule has 1 atom stereocenters. The van der Waals surface area contributed by atoms with Gasteiger partial charge in [-0.2, -0.15) is 0 Å². The Morgan fingerprint density at radius 3 is 2.18 bits per heavy atom. The SMILES string of the molecule is CCNC(=O)[C@H](Cc1ccccc1)N(Cc1ccccc1C)C(=O)COc1ccccc1C.